The number of hydrogen-bond acceptors (Lipinski definition) is 6. The van der Waals surface area contributed by atoms with E-state index in [9.17, 15) is 26.4 Å². The van der Waals surface area contributed by atoms with Gasteiger partial charge in [-0.1, -0.05) is 12.7 Å². The Hall–Kier alpha value is -2.23. The van der Waals surface area contributed by atoms with Crippen LogP contribution >= 0.6 is 0 Å². The van der Waals surface area contributed by atoms with Crippen LogP contribution < -0.4 is 8.92 Å². The highest BCUT2D eigenvalue weighted by Gasteiger charge is 2.49. The molecule has 24 heavy (non-hydrogen) atoms. The Morgan fingerprint density at radius 1 is 1.25 bits per heavy atom. The number of rotatable bonds is 6. The van der Waals surface area contributed by atoms with Gasteiger partial charge in [0.1, 0.15) is 23.7 Å². The zero-order valence-corrected chi connectivity index (χ0v) is 13.9. The van der Waals surface area contributed by atoms with Crippen LogP contribution in [0.2, 0.25) is 0 Å². The Labute approximate surface area is 136 Å². The largest absolute Gasteiger partial charge is 0.534 e. The van der Waals surface area contributed by atoms with Gasteiger partial charge >= 0.3 is 21.6 Å². The van der Waals surface area contributed by atoms with Crippen molar-refractivity contribution in [1.29, 1.82) is 0 Å². The molecular formula is C14H15F3O6S. The average Bonchev–Trinajstić information content (AvgIpc) is 2.48. The smallest absolute Gasteiger partial charge is 0.488 e. The van der Waals surface area contributed by atoms with Gasteiger partial charge in [-0.2, -0.15) is 21.6 Å². The Kier molecular flexibility index (Phi) is 5.88. The first-order valence-corrected chi connectivity index (χ1v) is 7.84. The second-order valence-electron chi connectivity index (χ2n) is 4.57. The summed E-state index contributed by atoms with van der Waals surface area (Å²) in [6.45, 7) is 6.04. The molecule has 1 aromatic carbocycles. The zero-order chi connectivity index (χ0) is 18.7. The van der Waals surface area contributed by atoms with Gasteiger partial charge < -0.3 is 13.7 Å². The summed E-state index contributed by atoms with van der Waals surface area (Å²) < 4.78 is 73.8. The second-order valence-corrected chi connectivity index (χ2v) is 6.11. The molecule has 0 amide bonds. The fourth-order valence-electron chi connectivity index (χ4n) is 1.73. The van der Waals surface area contributed by atoms with Crippen molar-refractivity contribution in [3.05, 3.63) is 35.4 Å². The zero-order valence-electron chi connectivity index (χ0n) is 13.1. The van der Waals surface area contributed by atoms with Gasteiger partial charge in [0, 0.05) is 6.07 Å². The molecule has 0 unspecified atom stereocenters. The number of carbonyl (C=O) groups excluding carboxylic acids is 1. The molecule has 0 aliphatic rings. The van der Waals surface area contributed by atoms with Crippen molar-refractivity contribution in [2.45, 2.75) is 19.4 Å². The molecule has 6 nitrogen and oxygen atoms in total. The number of halogens is 3. The summed E-state index contributed by atoms with van der Waals surface area (Å²) in [7, 11) is -4.74. The summed E-state index contributed by atoms with van der Waals surface area (Å²) in [6.07, 6.45) is 1.34. The van der Waals surface area contributed by atoms with Crippen LogP contribution in [-0.2, 0) is 14.9 Å². The second kappa shape index (κ2) is 7.12. The highest BCUT2D eigenvalue weighted by Crippen LogP contribution is 2.36. The van der Waals surface area contributed by atoms with Crippen LogP contribution in [0.3, 0.4) is 0 Å². The van der Waals surface area contributed by atoms with E-state index < -0.39 is 27.3 Å². The summed E-state index contributed by atoms with van der Waals surface area (Å²) >= 11 is 0. The van der Waals surface area contributed by atoms with Gasteiger partial charge in [0.25, 0.3) is 0 Å². The van der Waals surface area contributed by atoms with E-state index in [0.717, 1.165) is 13.2 Å². The van der Waals surface area contributed by atoms with Gasteiger partial charge in [-0.05, 0) is 25.0 Å². The van der Waals surface area contributed by atoms with E-state index in [1.54, 1.807) is 0 Å². The van der Waals surface area contributed by atoms with Crippen molar-refractivity contribution in [3.63, 3.8) is 0 Å². The lowest BCUT2D eigenvalue weighted by Gasteiger charge is -2.18. The standard InChI is InChI=1S/C14H15F3O6S/c1-5-6-22-11-7-10(23-24(19,20)14(15,16)17)8(2)9(3)12(11)13(18)21-4/h5,7H,1,6H2,2-4H3. The van der Waals surface area contributed by atoms with E-state index in [0.29, 0.717) is 0 Å². The van der Waals surface area contributed by atoms with E-state index in [4.69, 9.17) is 4.74 Å². The van der Waals surface area contributed by atoms with E-state index in [1.807, 2.05) is 0 Å². The molecule has 1 aromatic rings. The molecule has 0 bridgehead atoms. The Morgan fingerprint density at radius 2 is 1.83 bits per heavy atom. The van der Waals surface area contributed by atoms with Crippen LogP contribution in [-0.4, -0.2) is 33.6 Å². The van der Waals surface area contributed by atoms with Gasteiger partial charge in [-0.3, -0.25) is 0 Å². The Balaban J connectivity index is 3.51. The van der Waals surface area contributed by atoms with Crippen molar-refractivity contribution in [3.8, 4) is 11.5 Å². The third-order valence-electron chi connectivity index (χ3n) is 3.04. The molecule has 0 saturated heterocycles. The number of ether oxygens (including phenoxy) is 2. The van der Waals surface area contributed by atoms with Crippen LogP contribution in [0.4, 0.5) is 13.2 Å². The minimum absolute atomic E-state index is 0.0224. The van der Waals surface area contributed by atoms with Gasteiger partial charge in [-0.25, -0.2) is 4.79 Å². The normalized spacial score (nSPS) is 11.8. The third kappa shape index (κ3) is 3.99. The molecule has 0 aliphatic carbocycles. The first kappa shape index (κ1) is 19.8. The maximum absolute atomic E-state index is 12.5. The van der Waals surface area contributed by atoms with Crippen molar-refractivity contribution in [2.75, 3.05) is 13.7 Å². The molecule has 0 aliphatic heterocycles. The molecule has 0 heterocycles. The van der Waals surface area contributed by atoms with Crippen molar-refractivity contribution < 1.29 is 40.0 Å². The summed E-state index contributed by atoms with van der Waals surface area (Å²) in [5.41, 5.74) is -5.45. The van der Waals surface area contributed by atoms with Crippen LogP contribution in [0.15, 0.2) is 18.7 Å². The molecule has 0 saturated carbocycles. The van der Waals surface area contributed by atoms with Crippen LogP contribution in [0.1, 0.15) is 21.5 Å². The topological polar surface area (TPSA) is 78.9 Å². The number of alkyl halides is 3. The SMILES string of the molecule is C=CCOc1cc(OS(=O)(=O)C(F)(F)F)c(C)c(C)c1C(=O)OC. The van der Waals surface area contributed by atoms with Crippen LogP contribution in [0.25, 0.3) is 0 Å². The lowest BCUT2D eigenvalue weighted by molar-refractivity contribution is -0.0500. The van der Waals surface area contributed by atoms with Gasteiger partial charge in [0.2, 0.25) is 0 Å². The predicted octanol–water partition coefficient (Wildman–Crippen LogP) is 2.88. The molecule has 0 radical (unpaired) electrons. The van der Waals surface area contributed by atoms with Crippen LogP contribution in [0, 0.1) is 13.8 Å². The van der Waals surface area contributed by atoms with Crippen molar-refractivity contribution in [2.24, 2.45) is 0 Å². The monoisotopic (exact) mass is 368 g/mol. The molecule has 1 rings (SSSR count). The van der Waals surface area contributed by atoms with E-state index in [1.165, 1.54) is 19.9 Å². The Bertz CT molecular complexity index is 753. The molecule has 0 atom stereocenters. The minimum atomic E-state index is -5.86. The number of carbonyl (C=O) groups is 1. The minimum Gasteiger partial charge on any atom is -0.488 e. The first-order valence-electron chi connectivity index (χ1n) is 6.43. The van der Waals surface area contributed by atoms with Crippen LogP contribution in [0.5, 0.6) is 11.5 Å². The fraction of sp³-hybridized carbons (Fsp3) is 0.357. The average molecular weight is 368 g/mol. The van der Waals surface area contributed by atoms with E-state index in [-0.39, 0.29) is 29.0 Å². The number of hydrogen-bond donors (Lipinski definition) is 0. The number of esters is 1. The summed E-state index contributed by atoms with van der Waals surface area (Å²) in [5.74, 6) is -1.58. The van der Waals surface area contributed by atoms with Gasteiger partial charge in [0.05, 0.1) is 7.11 Å². The highest BCUT2D eigenvalue weighted by molar-refractivity contribution is 7.88. The fourth-order valence-corrected chi connectivity index (χ4v) is 2.23. The molecule has 0 aromatic heterocycles. The maximum Gasteiger partial charge on any atom is 0.534 e. The van der Waals surface area contributed by atoms with Gasteiger partial charge in [0.15, 0.2) is 0 Å². The third-order valence-corrected chi connectivity index (χ3v) is 4.01. The molecule has 10 heteroatoms. The maximum atomic E-state index is 12.5. The summed E-state index contributed by atoms with van der Waals surface area (Å²) in [4.78, 5) is 11.9. The molecule has 134 valence electrons. The quantitative estimate of drug-likeness (QED) is 0.333. The Morgan fingerprint density at radius 3 is 2.29 bits per heavy atom. The molecule has 0 spiro atoms. The lowest BCUT2D eigenvalue weighted by atomic mass is 10.0. The van der Waals surface area contributed by atoms with Gasteiger partial charge in [-0.15, -0.1) is 0 Å². The number of benzene rings is 1. The molecule has 0 N–H and O–H groups in total. The van der Waals surface area contributed by atoms with E-state index in [2.05, 4.69) is 15.5 Å². The van der Waals surface area contributed by atoms with E-state index >= 15 is 0 Å². The highest BCUT2D eigenvalue weighted by atomic mass is 32.2. The van der Waals surface area contributed by atoms with Crippen molar-refractivity contribution >= 4 is 16.1 Å². The molecule has 0 fully saturated rings. The molecular weight excluding hydrogens is 353 g/mol. The number of methoxy groups -OCH3 is 1. The lowest BCUT2D eigenvalue weighted by Crippen LogP contribution is -2.28. The predicted molar refractivity (Wildman–Crippen MR) is 78.6 cm³/mol. The summed E-state index contributed by atoms with van der Waals surface area (Å²) in [5, 5.41) is 0. The first-order chi connectivity index (χ1) is 11.0. The summed E-state index contributed by atoms with van der Waals surface area (Å²) in [6, 6.07) is 0.890. The van der Waals surface area contributed by atoms with Crippen molar-refractivity contribution in [1.82, 2.24) is 0 Å².